The fourth-order valence-corrected chi connectivity index (χ4v) is 4.32. The molecule has 0 saturated heterocycles. The predicted octanol–water partition coefficient (Wildman–Crippen LogP) is 5.37. The van der Waals surface area contributed by atoms with Crippen LogP contribution in [0.3, 0.4) is 0 Å². The van der Waals surface area contributed by atoms with Gasteiger partial charge in [-0.3, -0.25) is 4.79 Å². The summed E-state index contributed by atoms with van der Waals surface area (Å²) in [5, 5.41) is 5.87. The number of hydrogen-bond donors (Lipinski definition) is 1. The number of amides is 1. The topological polar surface area (TPSA) is 55.4 Å². The largest absolute Gasteiger partial charge is 0.462 e. The molecule has 132 valence electrons. The fraction of sp³-hybridized carbons (Fsp3) is 0.368. The van der Waals surface area contributed by atoms with Gasteiger partial charge in [0.25, 0.3) is 0 Å². The van der Waals surface area contributed by atoms with E-state index >= 15 is 0 Å². The van der Waals surface area contributed by atoms with Crippen molar-refractivity contribution in [2.75, 3.05) is 11.9 Å². The quantitative estimate of drug-likeness (QED) is 0.712. The average Bonchev–Trinajstić information content (AvgIpc) is 3.25. The van der Waals surface area contributed by atoms with E-state index in [1.165, 1.54) is 11.3 Å². The summed E-state index contributed by atoms with van der Waals surface area (Å²) in [5.74, 6) is -0.433. The second kappa shape index (κ2) is 8.02. The summed E-state index contributed by atoms with van der Waals surface area (Å²) in [6, 6.07) is 7.34. The van der Waals surface area contributed by atoms with Crippen LogP contribution in [0.25, 0.3) is 11.1 Å². The lowest BCUT2D eigenvalue weighted by Crippen LogP contribution is -2.21. The molecule has 1 N–H and O–H groups in total. The SMILES string of the molecule is CCOC(=O)c1c(-c2ccccc2Cl)csc1NC(=O)C1CCCC1. The van der Waals surface area contributed by atoms with Crippen LogP contribution >= 0.6 is 22.9 Å². The van der Waals surface area contributed by atoms with Crippen molar-refractivity contribution in [3.8, 4) is 11.1 Å². The summed E-state index contributed by atoms with van der Waals surface area (Å²) in [6.07, 6.45) is 3.98. The van der Waals surface area contributed by atoms with Crippen LogP contribution in [0.2, 0.25) is 5.02 Å². The molecule has 1 aromatic heterocycles. The van der Waals surface area contributed by atoms with Crippen LogP contribution in [-0.2, 0) is 9.53 Å². The van der Waals surface area contributed by atoms with Gasteiger partial charge in [-0.05, 0) is 25.8 Å². The van der Waals surface area contributed by atoms with Crippen LogP contribution < -0.4 is 5.32 Å². The highest BCUT2D eigenvalue weighted by Gasteiger charge is 2.27. The number of carbonyl (C=O) groups excluding carboxylic acids is 2. The van der Waals surface area contributed by atoms with Crippen molar-refractivity contribution in [1.82, 2.24) is 0 Å². The summed E-state index contributed by atoms with van der Waals surface area (Å²) in [6.45, 7) is 2.03. The standard InChI is InChI=1S/C19H20ClNO3S/c1-2-24-19(23)16-14(13-9-5-6-10-15(13)20)11-25-18(16)21-17(22)12-7-3-4-8-12/h5-6,9-12H,2-4,7-8H2,1H3,(H,21,22). The molecule has 25 heavy (non-hydrogen) atoms. The molecule has 3 rings (SSSR count). The Balaban J connectivity index is 1.96. The van der Waals surface area contributed by atoms with Gasteiger partial charge in [0.15, 0.2) is 0 Å². The molecule has 0 radical (unpaired) electrons. The third kappa shape index (κ3) is 3.88. The molecule has 2 aromatic rings. The highest BCUT2D eigenvalue weighted by atomic mass is 35.5. The van der Waals surface area contributed by atoms with Crippen molar-refractivity contribution in [2.24, 2.45) is 5.92 Å². The molecule has 1 saturated carbocycles. The van der Waals surface area contributed by atoms with Crippen molar-refractivity contribution < 1.29 is 14.3 Å². The minimum Gasteiger partial charge on any atom is -0.462 e. The zero-order valence-corrected chi connectivity index (χ0v) is 15.6. The Morgan fingerprint density at radius 1 is 1.24 bits per heavy atom. The third-order valence-corrected chi connectivity index (χ3v) is 5.62. The normalized spacial score (nSPS) is 14.5. The summed E-state index contributed by atoms with van der Waals surface area (Å²) in [7, 11) is 0. The molecule has 0 atom stereocenters. The first-order valence-corrected chi connectivity index (χ1v) is 9.72. The Morgan fingerprint density at radius 3 is 2.64 bits per heavy atom. The zero-order chi connectivity index (χ0) is 17.8. The van der Waals surface area contributed by atoms with Crippen LogP contribution in [-0.4, -0.2) is 18.5 Å². The van der Waals surface area contributed by atoms with E-state index in [0.29, 0.717) is 21.2 Å². The Hall–Kier alpha value is -1.85. The van der Waals surface area contributed by atoms with E-state index in [0.717, 1.165) is 31.2 Å². The number of halogens is 1. The Bertz CT molecular complexity index is 781. The van der Waals surface area contributed by atoms with Crippen molar-refractivity contribution in [2.45, 2.75) is 32.6 Å². The molecular formula is C19H20ClNO3S. The number of rotatable bonds is 5. The van der Waals surface area contributed by atoms with E-state index < -0.39 is 5.97 Å². The molecule has 4 nitrogen and oxygen atoms in total. The van der Waals surface area contributed by atoms with Crippen LogP contribution in [0.4, 0.5) is 5.00 Å². The molecular weight excluding hydrogens is 358 g/mol. The van der Waals surface area contributed by atoms with Crippen LogP contribution in [0.15, 0.2) is 29.6 Å². The summed E-state index contributed by atoms with van der Waals surface area (Å²) in [4.78, 5) is 25.0. The van der Waals surface area contributed by atoms with E-state index in [1.807, 2.05) is 23.6 Å². The molecule has 1 amide bonds. The number of anilines is 1. The van der Waals surface area contributed by atoms with Gasteiger partial charge in [-0.1, -0.05) is 42.6 Å². The van der Waals surface area contributed by atoms with E-state index in [2.05, 4.69) is 5.32 Å². The molecule has 0 aliphatic heterocycles. The number of ether oxygens (including phenoxy) is 1. The number of hydrogen-bond acceptors (Lipinski definition) is 4. The highest BCUT2D eigenvalue weighted by Crippen LogP contribution is 2.39. The van der Waals surface area contributed by atoms with Gasteiger partial charge in [0.2, 0.25) is 5.91 Å². The van der Waals surface area contributed by atoms with Crippen LogP contribution in [0, 0.1) is 5.92 Å². The minimum atomic E-state index is -0.444. The summed E-state index contributed by atoms with van der Waals surface area (Å²) < 4.78 is 5.21. The van der Waals surface area contributed by atoms with E-state index in [4.69, 9.17) is 16.3 Å². The maximum absolute atomic E-state index is 12.5. The fourth-order valence-electron chi connectivity index (χ4n) is 3.14. The van der Waals surface area contributed by atoms with Gasteiger partial charge in [-0.15, -0.1) is 11.3 Å². The number of benzene rings is 1. The maximum atomic E-state index is 12.5. The molecule has 0 bridgehead atoms. The predicted molar refractivity (Wildman–Crippen MR) is 101 cm³/mol. The second-order valence-corrected chi connectivity index (χ2v) is 7.31. The van der Waals surface area contributed by atoms with E-state index in [1.54, 1.807) is 13.0 Å². The number of esters is 1. The molecule has 1 aromatic carbocycles. The molecule has 1 aliphatic rings. The van der Waals surface area contributed by atoms with E-state index in [-0.39, 0.29) is 18.4 Å². The highest BCUT2D eigenvalue weighted by molar-refractivity contribution is 7.15. The Kier molecular flexibility index (Phi) is 5.76. The van der Waals surface area contributed by atoms with Crippen molar-refractivity contribution in [3.05, 3.63) is 40.2 Å². The summed E-state index contributed by atoms with van der Waals surface area (Å²) in [5.41, 5.74) is 1.83. The van der Waals surface area contributed by atoms with Gasteiger partial charge in [0.1, 0.15) is 10.6 Å². The number of thiophene rings is 1. The molecule has 1 heterocycles. The number of nitrogens with one attached hydrogen (secondary N) is 1. The first kappa shape index (κ1) is 18.0. The van der Waals surface area contributed by atoms with Crippen molar-refractivity contribution in [3.63, 3.8) is 0 Å². The molecule has 0 spiro atoms. The first-order valence-electron chi connectivity index (χ1n) is 8.46. The Morgan fingerprint density at radius 2 is 1.96 bits per heavy atom. The maximum Gasteiger partial charge on any atom is 0.341 e. The lowest BCUT2D eigenvalue weighted by atomic mass is 10.0. The smallest absolute Gasteiger partial charge is 0.341 e. The first-order chi connectivity index (χ1) is 12.1. The van der Waals surface area contributed by atoms with Gasteiger partial charge in [0, 0.05) is 27.4 Å². The molecule has 6 heteroatoms. The lowest BCUT2D eigenvalue weighted by molar-refractivity contribution is -0.119. The van der Waals surface area contributed by atoms with Gasteiger partial charge in [-0.25, -0.2) is 4.79 Å². The molecule has 0 unspecified atom stereocenters. The van der Waals surface area contributed by atoms with Crippen molar-refractivity contribution >= 4 is 39.8 Å². The molecule has 1 fully saturated rings. The van der Waals surface area contributed by atoms with Crippen LogP contribution in [0.5, 0.6) is 0 Å². The molecule has 1 aliphatic carbocycles. The van der Waals surface area contributed by atoms with Gasteiger partial charge in [0.05, 0.1) is 6.61 Å². The van der Waals surface area contributed by atoms with E-state index in [9.17, 15) is 9.59 Å². The second-order valence-electron chi connectivity index (χ2n) is 6.02. The third-order valence-electron chi connectivity index (χ3n) is 4.40. The summed E-state index contributed by atoms with van der Waals surface area (Å²) >= 11 is 7.63. The van der Waals surface area contributed by atoms with Crippen molar-refractivity contribution in [1.29, 1.82) is 0 Å². The zero-order valence-electron chi connectivity index (χ0n) is 14.0. The lowest BCUT2D eigenvalue weighted by Gasteiger charge is -2.12. The van der Waals surface area contributed by atoms with Gasteiger partial charge < -0.3 is 10.1 Å². The minimum absolute atomic E-state index is 0.0180. The average molecular weight is 378 g/mol. The van der Waals surface area contributed by atoms with Crippen LogP contribution in [0.1, 0.15) is 43.0 Å². The number of carbonyl (C=O) groups is 2. The Labute approximate surface area is 156 Å². The van der Waals surface area contributed by atoms with Gasteiger partial charge >= 0.3 is 5.97 Å². The monoisotopic (exact) mass is 377 g/mol. The van der Waals surface area contributed by atoms with Gasteiger partial charge in [-0.2, -0.15) is 0 Å².